The van der Waals surface area contributed by atoms with Crippen molar-refractivity contribution in [2.24, 2.45) is 0 Å². The normalized spacial score (nSPS) is 19.5. The van der Waals surface area contributed by atoms with Crippen LogP contribution in [-0.4, -0.2) is 88.6 Å². The second kappa shape index (κ2) is 10.6. The number of hydrogen-bond donors (Lipinski definition) is 1. The summed E-state index contributed by atoms with van der Waals surface area (Å²) < 4.78 is 5.49. The number of aromatic nitrogens is 2. The molecule has 0 atom stereocenters. The molecule has 2 aromatic rings. The fourth-order valence-corrected chi connectivity index (χ4v) is 4.59. The van der Waals surface area contributed by atoms with Crippen LogP contribution < -0.4 is 5.32 Å². The first-order chi connectivity index (χ1) is 15.5. The van der Waals surface area contributed by atoms with E-state index in [4.69, 9.17) is 4.52 Å². The molecule has 32 heavy (non-hydrogen) atoms. The first-order valence-corrected chi connectivity index (χ1v) is 11.8. The average molecular weight is 441 g/mol. The van der Waals surface area contributed by atoms with Gasteiger partial charge in [0.25, 0.3) is 0 Å². The lowest BCUT2D eigenvalue weighted by Gasteiger charge is -2.36. The first kappa shape index (κ1) is 22.9. The van der Waals surface area contributed by atoms with Gasteiger partial charge in [-0.25, -0.2) is 0 Å². The smallest absolute Gasteiger partial charge is 0.241 e. The predicted octanol–water partition coefficient (Wildman–Crippen LogP) is 2.15. The maximum absolute atomic E-state index is 12.5. The molecule has 2 fully saturated rings. The van der Waals surface area contributed by atoms with Gasteiger partial charge in [0, 0.05) is 56.9 Å². The third-order valence-electron chi connectivity index (χ3n) is 6.67. The van der Waals surface area contributed by atoms with Crippen molar-refractivity contribution in [3.05, 3.63) is 35.7 Å². The van der Waals surface area contributed by atoms with Crippen LogP contribution in [0.5, 0.6) is 0 Å². The highest BCUT2D eigenvalue weighted by Crippen LogP contribution is 2.20. The molecule has 2 aliphatic rings. The molecule has 2 saturated heterocycles. The lowest BCUT2D eigenvalue weighted by molar-refractivity contribution is -0.123. The van der Waals surface area contributed by atoms with Crippen LogP contribution >= 0.6 is 0 Å². The Morgan fingerprint density at radius 2 is 1.78 bits per heavy atom. The summed E-state index contributed by atoms with van der Waals surface area (Å²) >= 11 is 0. The van der Waals surface area contributed by atoms with Gasteiger partial charge in [-0.05, 0) is 39.2 Å². The molecule has 1 aromatic carbocycles. The lowest BCUT2D eigenvalue weighted by atomic mass is 10.0. The van der Waals surface area contributed by atoms with Gasteiger partial charge in [0.2, 0.25) is 17.6 Å². The molecule has 8 heteroatoms. The predicted molar refractivity (Wildman–Crippen MR) is 124 cm³/mol. The Morgan fingerprint density at radius 3 is 2.47 bits per heavy atom. The second-order valence-electron chi connectivity index (χ2n) is 9.35. The minimum atomic E-state index is 0.154. The molecule has 1 aromatic heterocycles. The van der Waals surface area contributed by atoms with Gasteiger partial charge < -0.3 is 14.7 Å². The summed E-state index contributed by atoms with van der Waals surface area (Å²) in [6, 6.07) is 8.97. The molecule has 8 nitrogen and oxygen atoms in total. The first-order valence-electron chi connectivity index (χ1n) is 11.8. The van der Waals surface area contributed by atoms with Gasteiger partial charge in [0.1, 0.15) is 0 Å². The second-order valence-corrected chi connectivity index (χ2v) is 9.35. The van der Waals surface area contributed by atoms with Crippen LogP contribution in [0, 0.1) is 6.92 Å². The highest BCUT2D eigenvalue weighted by atomic mass is 16.5. The molecular formula is C24H36N6O2. The van der Waals surface area contributed by atoms with Crippen molar-refractivity contribution in [1.82, 2.24) is 30.2 Å². The Kier molecular flexibility index (Phi) is 7.55. The van der Waals surface area contributed by atoms with Crippen LogP contribution in [0.4, 0.5) is 0 Å². The molecule has 1 N–H and O–H groups in total. The van der Waals surface area contributed by atoms with Crippen molar-refractivity contribution in [3.8, 4) is 11.4 Å². The minimum absolute atomic E-state index is 0.154. The number of aryl methyl sites for hydroxylation is 1. The van der Waals surface area contributed by atoms with E-state index in [0.29, 0.717) is 36.9 Å². The SMILES string of the molecule is Cc1ccccc1-c1noc(CN2CCN(CC(=O)NC3CCN(C(C)C)CC3)CC2)n1. The monoisotopic (exact) mass is 440 g/mol. The number of carbonyl (C=O) groups excluding carboxylic acids is 1. The topological polar surface area (TPSA) is 77.7 Å². The van der Waals surface area contributed by atoms with Gasteiger partial charge >= 0.3 is 0 Å². The van der Waals surface area contributed by atoms with Crippen LogP contribution in [-0.2, 0) is 11.3 Å². The van der Waals surface area contributed by atoms with Crippen LogP contribution in [0.15, 0.2) is 28.8 Å². The minimum Gasteiger partial charge on any atom is -0.352 e. The van der Waals surface area contributed by atoms with Gasteiger partial charge in [0.15, 0.2) is 0 Å². The zero-order valence-corrected chi connectivity index (χ0v) is 19.6. The van der Waals surface area contributed by atoms with Crippen LogP contribution in [0.3, 0.4) is 0 Å². The van der Waals surface area contributed by atoms with Crippen molar-refractivity contribution in [3.63, 3.8) is 0 Å². The third kappa shape index (κ3) is 5.94. The van der Waals surface area contributed by atoms with Crippen LogP contribution in [0.2, 0.25) is 0 Å². The molecule has 0 radical (unpaired) electrons. The number of piperidine rings is 1. The van der Waals surface area contributed by atoms with Crippen LogP contribution in [0.1, 0.15) is 38.1 Å². The number of nitrogens with one attached hydrogen (secondary N) is 1. The molecule has 3 heterocycles. The Morgan fingerprint density at radius 1 is 1.09 bits per heavy atom. The zero-order valence-electron chi connectivity index (χ0n) is 19.6. The number of amides is 1. The summed E-state index contributed by atoms with van der Waals surface area (Å²) in [6.07, 6.45) is 2.10. The number of benzene rings is 1. The molecule has 0 saturated carbocycles. The van der Waals surface area contributed by atoms with Gasteiger partial charge in [0.05, 0.1) is 13.1 Å². The maximum atomic E-state index is 12.5. The van der Waals surface area contributed by atoms with Gasteiger partial charge in [-0.2, -0.15) is 4.98 Å². The summed E-state index contributed by atoms with van der Waals surface area (Å²) in [4.78, 5) is 24.1. The number of hydrogen-bond acceptors (Lipinski definition) is 7. The van der Waals surface area contributed by atoms with Crippen molar-refractivity contribution >= 4 is 5.91 Å². The summed E-state index contributed by atoms with van der Waals surface area (Å²) in [5.74, 6) is 1.44. The standard InChI is InChI=1S/C24H36N6O2/c1-18(2)30-10-8-20(9-11-30)25-22(31)16-28-12-14-29(15-13-28)17-23-26-24(27-32-23)21-7-5-4-6-19(21)3/h4-7,18,20H,8-17H2,1-3H3,(H,25,31). The Balaban J connectivity index is 1.18. The fourth-order valence-electron chi connectivity index (χ4n) is 4.59. The number of rotatable bonds is 7. The van der Waals surface area contributed by atoms with E-state index in [9.17, 15) is 4.79 Å². The van der Waals surface area contributed by atoms with Crippen molar-refractivity contribution in [2.45, 2.75) is 52.2 Å². The van der Waals surface area contributed by atoms with Crippen molar-refractivity contribution < 1.29 is 9.32 Å². The van der Waals surface area contributed by atoms with E-state index < -0.39 is 0 Å². The zero-order chi connectivity index (χ0) is 22.5. The highest BCUT2D eigenvalue weighted by Gasteiger charge is 2.24. The molecule has 0 bridgehead atoms. The van der Waals surface area contributed by atoms with Gasteiger partial charge in [-0.1, -0.05) is 29.4 Å². The fraction of sp³-hybridized carbons (Fsp3) is 0.625. The molecule has 0 spiro atoms. The van der Waals surface area contributed by atoms with E-state index in [-0.39, 0.29) is 5.91 Å². The lowest BCUT2D eigenvalue weighted by Crippen LogP contribution is -2.52. The number of likely N-dealkylation sites (tertiary alicyclic amines) is 1. The largest absolute Gasteiger partial charge is 0.352 e. The van der Waals surface area contributed by atoms with E-state index in [1.807, 2.05) is 18.2 Å². The molecule has 4 rings (SSSR count). The molecule has 0 unspecified atom stereocenters. The van der Waals surface area contributed by atoms with E-state index in [1.165, 1.54) is 0 Å². The Labute approximate surface area is 190 Å². The molecular weight excluding hydrogens is 404 g/mol. The van der Waals surface area contributed by atoms with E-state index in [0.717, 1.165) is 63.2 Å². The van der Waals surface area contributed by atoms with Gasteiger partial charge in [-0.3, -0.25) is 14.6 Å². The number of carbonyl (C=O) groups is 1. The quantitative estimate of drug-likeness (QED) is 0.707. The Hall–Kier alpha value is -2.29. The van der Waals surface area contributed by atoms with Crippen molar-refractivity contribution in [1.29, 1.82) is 0 Å². The van der Waals surface area contributed by atoms with E-state index in [1.54, 1.807) is 0 Å². The summed E-state index contributed by atoms with van der Waals surface area (Å²) in [5.41, 5.74) is 2.14. The Bertz CT molecular complexity index is 882. The van der Waals surface area contributed by atoms with Crippen molar-refractivity contribution in [2.75, 3.05) is 45.8 Å². The number of piperazine rings is 1. The highest BCUT2D eigenvalue weighted by molar-refractivity contribution is 5.78. The summed E-state index contributed by atoms with van der Waals surface area (Å²) in [6.45, 7) is 13.3. The molecule has 0 aliphatic carbocycles. The third-order valence-corrected chi connectivity index (χ3v) is 6.67. The maximum Gasteiger partial charge on any atom is 0.241 e. The average Bonchev–Trinajstić information content (AvgIpc) is 3.24. The number of nitrogens with zero attached hydrogens (tertiary/aromatic N) is 5. The van der Waals surface area contributed by atoms with E-state index >= 15 is 0 Å². The molecule has 2 aliphatic heterocycles. The van der Waals surface area contributed by atoms with Gasteiger partial charge in [-0.15, -0.1) is 0 Å². The molecule has 1 amide bonds. The van der Waals surface area contributed by atoms with Crippen LogP contribution in [0.25, 0.3) is 11.4 Å². The summed E-state index contributed by atoms with van der Waals surface area (Å²) in [7, 11) is 0. The molecule has 174 valence electrons. The summed E-state index contributed by atoms with van der Waals surface area (Å²) in [5, 5.41) is 7.40. The van der Waals surface area contributed by atoms with E-state index in [2.05, 4.69) is 57.0 Å².